The number of para-hydroxylation sites is 1. The van der Waals surface area contributed by atoms with Gasteiger partial charge >= 0.3 is 0 Å². The fourth-order valence-electron chi connectivity index (χ4n) is 3.64. The molecule has 4 rings (SSSR count). The van der Waals surface area contributed by atoms with E-state index in [2.05, 4.69) is 10.6 Å². The van der Waals surface area contributed by atoms with E-state index in [4.69, 9.17) is 0 Å². The lowest BCUT2D eigenvalue weighted by atomic mass is 9.95. The van der Waals surface area contributed by atoms with Crippen LogP contribution in [-0.4, -0.2) is 41.2 Å². The average Bonchev–Trinajstić information content (AvgIpc) is 2.77. The zero-order chi connectivity index (χ0) is 19.0. The maximum atomic E-state index is 13.3. The smallest absolute Gasteiger partial charge is 0.256 e. The summed E-state index contributed by atoms with van der Waals surface area (Å²) >= 11 is 0. The van der Waals surface area contributed by atoms with Gasteiger partial charge in [0.2, 0.25) is 5.91 Å². The minimum Gasteiger partial charge on any atom is -0.349 e. The fraction of sp³-hybridized carbons (Fsp3) is 0.250. The Morgan fingerprint density at radius 2 is 1.96 bits per heavy atom. The Hall–Kier alpha value is -3.22. The molecule has 6 nitrogen and oxygen atoms in total. The van der Waals surface area contributed by atoms with Gasteiger partial charge in [0.1, 0.15) is 11.9 Å². The fourth-order valence-corrected chi connectivity index (χ4v) is 3.64. The third-order valence-electron chi connectivity index (χ3n) is 5.00. The molecule has 2 aliphatic heterocycles. The Morgan fingerprint density at radius 3 is 2.78 bits per heavy atom. The van der Waals surface area contributed by atoms with Crippen molar-refractivity contribution >= 4 is 23.4 Å². The lowest BCUT2D eigenvalue weighted by Gasteiger charge is -2.37. The van der Waals surface area contributed by atoms with Crippen molar-refractivity contribution in [1.29, 1.82) is 0 Å². The van der Waals surface area contributed by atoms with E-state index in [0.717, 1.165) is 0 Å². The molecule has 0 bridgehead atoms. The van der Waals surface area contributed by atoms with Gasteiger partial charge in [0, 0.05) is 18.2 Å². The van der Waals surface area contributed by atoms with Crippen LogP contribution in [0.3, 0.4) is 0 Å². The van der Waals surface area contributed by atoms with Crippen molar-refractivity contribution in [2.45, 2.75) is 24.9 Å². The van der Waals surface area contributed by atoms with Crippen LogP contribution in [0.4, 0.5) is 10.1 Å². The summed E-state index contributed by atoms with van der Waals surface area (Å²) in [5, 5.41) is 5.65. The molecule has 0 radical (unpaired) electrons. The van der Waals surface area contributed by atoms with Crippen molar-refractivity contribution in [3.05, 3.63) is 65.5 Å². The van der Waals surface area contributed by atoms with E-state index in [9.17, 15) is 18.8 Å². The van der Waals surface area contributed by atoms with Crippen LogP contribution in [0.2, 0.25) is 0 Å². The van der Waals surface area contributed by atoms with E-state index in [1.165, 1.54) is 24.3 Å². The Morgan fingerprint density at radius 1 is 1.15 bits per heavy atom. The SMILES string of the molecule is O=C(N[C@H]1CCN2C(=O)c3ccccc3NC(=O)[C@@H]2C1)c1cccc(F)c1. The van der Waals surface area contributed by atoms with Gasteiger partial charge in [0.05, 0.1) is 11.3 Å². The average molecular weight is 367 g/mol. The number of piperidine rings is 1. The molecule has 2 heterocycles. The van der Waals surface area contributed by atoms with Gasteiger partial charge in [-0.2, -0.15) is 0 Å². The van der Waals surface area contributed by atoms with Gasteiger partial charge < -0.3 is 15.5 Å². The topological polar surface area (TPSA) is 78.5 Å². The molecule has 0 saturated carbocycles. The van der Waals surface area contributed by atoms with Crippen molar-refractivity contribution in [1.82, 2.24) is 10.2 Å². The summed E-state index contributed by atoms with van der Waals surface area (Å²) in [6, 6.07) is 11.4. The van der Waals surface area contributed by atoms with Crippen LogP contribution in [0.5, 0.6) is 0 Å². The quantitative estimate of drug-likeness (QED) is 0.854. The second-order valence-corrected chi connectivity index (χ2v) is 6.75. The molecule has 2 aliphatic rings. The van der Waals surface area contributed by atoms with Gasteiger partial charge in [-0.15, -0.1) is 0 Å². The number of halogens is 1. The highest BCUT2D eigenvalue weighted by Gasteiger charge is 2.40. The monoisotopic (exact) mass is 367 g/mol. The van der Waals surface area contributed by atoms with Crippen LogP contribution in [-0.2, 0) is 4.79 Å². The second kappa shape index (κ2) is 6.83. The highest BCUT2D eigenvalue weighted by atomic mass is 19.1. The molecule has 0 aliphatic carbocycles. The van der Waals surface area contributed by atoms with Gasteiger partial charge in [-0.3, -0.25) is 14.4 Å². The predicted octanol–water partition coefficient (Wildman–Crippen LogP) is 2.18. The number of benzene rings is 2. The first-order chi connectivity index (χ1) is 13.0. The minimum atomic E-state index is -0.656. The van der Waals surface area contributed by atoms with Crippen LogP contribution in [0.25, 0.3) is 0 Å². The van der Waals surface area contributed by atoms with Gasteiger partial charge in [0.25, 0.3) is 11.8 Å². The molecule has 138 valence electrons. The Balaban J connectivity index is 1.51. The number of nitrogens with zero attached hydrogens (tertiary/aromatic N) is 1. The van der Waals surface area contributed by atoms with Gasteiger partial charge in [-0.05, 0) is 43.2 Å². The number of rotatable bonds is 2. The maximum Gasteiger partial charge on any atom is 0.256 e. The van der Waals surface area contributed by atoms with Crippen molar-refractivity contribution in [3.8, 4) is 0 Å². The number of fused-ring (bicyclic) bond motifs is 2. The Labute approximate surface area is 155 Å². The molecule has 2 N–H and O–H groups in total. The molecular weight excluding hydrogens is 349 g/mol. The first-order valence-corrected chi connectivity index (χ1v) is 8.80. The van der Waals surface area contributed by atoms with Crippen molar-refractivity contribution in [2.24, 2.45) is 0 Å². The lowest BCUT2D eigenvalue weighted by Crippen LogP contribution is -2.55. The Bertz CT molecular complexity index is 930. The van der Waals surface area contributed by atoms with E-state index in [1.807, 2.05) is 0 Å². The lowest BCUT2D eigenvalue weighted by molar-refractivity contribution is -0.121. The van der Waals surface area contributed by atoms with E-state index < -0.39 is 17.8 Å². The van der Waals surface area contributed by atoms with Crippen molar-refractivity contribution < 1.29 is 18.8 Å². The molecular formula is C20H18FN3O3. The standard InChI is InChI=1S/C20H18FN3O3/c21-13-5-3-4-12(10-13)18(25)22-14-8-9-24-17(11-14)19(26)23-16-7-2-1-6-15(16)20(24)27/h1-7,10,14,17H,8-9,11H2,(H,22,25)(H,23,26)/t14-,17-/m0/s1. The van der Waals surface area contributed by atoms with E-state index in [1.54, 1.807) is 29.2 Å². The molecule has 0 aromatic heterocycles. The zero-order valence-corrected chi connectivity index (χ0v) is 14.4. The first kappa shape index (κ1) is 17.2. The summed E-state index contributed by atoms with van der Waals surface area (Å²) in [6.45, 7) is 0.360. The molecule has 1 saturated heterocycles. The highest BCUT2D eigenvalue weighted by molar-refractivity contribution is 6.10. The summed E-state index contributed by atoms with van der Waals surface area (Å²) in [5.74, 6) is -1.33. The molecule has 7 heteroatoms. The summed E-state index contributed by atoms with van der Waals surface area (Å²) in [6.07, 6.45) is 0.839. The Kier molecular flexibility index (Phi) is 4.35. The van der Waals surface area contributed by atoms with Crippen LogP contribution >= 0.6 is 0 Å². The van der Waals surface area contributed by atoms with Crippen molar-refractivity contribution in [3.63, 3.8) is 0 Å². The van der Waals surface area contributed by atoms with Gasteiger partial charge in [-0.25, -0.2) is 4.39 Å². The molecule has 1 fully saturated rings. The zero-order valence-electron chi connectivity index (χ0n) is 14.4. The molecule has 2 aromatic carbocycles. The molecule has 27 heavy (non-hydrogen) atoms. The molecule has 2 aromatic rings. The number of hydrogen-bond acceptors (Lipinski definition) is 3. The van der Waals surface area contributed by atoms with Crippen molar-refractivity contribution in [2.75, 3.05) is 11.9 Å². The number of nitrogens with one attached hydrogen (secondary N) is 2. The summed E-state index contributed by atoms with van der Waals surface area (Å²) < 4.78 is 13.3. The van der Waals surface area contributed by atoms with Gasteiger partial charge in [-0.1, -0.05) is 18.2 Å². The molecule has 0 unspecified atom stereocenters. The highest BCUT2D eigenvalue weighted by Crippen LogP contribution is 2.28. The third kappa shape index (κ3) is 3.28. The minimum absolute atomic E-state index is 0.191. The second-order valence-electron chi connectivity index (χ2n) is 6.75. The number of anilines is 1. The van der Waals surface area contributed by atoms with E-state index >= 15 is 0 Å². The third-order valence-corrected chi connectivity index (χ3v) is 5.00. The predicted molar refractivity (Wildman–Crippen MR) is 96.8 cm³/mol. The van der Waals surface area contributed by atoms with Crippen LogP contribution in [0.1, 0.15) is 33.6 Å². The van der Waals surface area contributed by atoms with E-state index in [-0.39, 0.29) is 23.4 Å². The largest absolute Gasteiger partial charge is 0.349 e. The molecule has 0 spiro atoms. The number of carbonyl (C=O) groups excluding carboxylic acids is 3. The number of carbonyl (C=O) groups is 3. The van der Waals surface area contributed by atoms with Gasteiger partial charge in [0.15, 0.2) is 0 Å². The summed E-state index contributed by atoms with van der Waals surface area (Å²) in [4.78, 5) is 39.4. The number of hydrogen-bond donors (Lipinski definition) is 2. The van der Waals surface area contributed by atoms with Crippen LogP contribution in [0.15, 0.2) is 48.5 Å². The van der Waals surface area contributed by atoms with E-state index in [0.29, 0.717) is 30.6 Å². The number of amides is 3. The normalized spacial score (nSPS) is 21.6. The summed E-state index contributed by atoms with van der Waals surface area (Å²) in [5.41, 5.74) is 1.20. The summed E-state index contributed by atoms with van der Waals surface area (Å²) in [7, 11) is 0. The van der Waals surface area contributed by atoms with Crippen LogP contribution < -0.4 is 10.6 Å². The maximum absolute atomic E-state index is 13.3. The first-order valence-electron chi connectivity index (χ1n) is 8.80. The van der Waals surface area contributed by atoms with Crippen LogP contribution in [0, 0.1) is 5.82 Å². The molecule has 3 amide bonds. The molecule has 2 atom stereocenters.